The number of aromatic amines is 1. The first kappa shape index (κ1) is 23.4. The smallest absolute Gasteiger partial charge is 0.307 e. The molecule has 0 atom stereocenters. The number of nitrogens with zero attached hydrogens (tertiary/aromatic N) is 1. The molecule has 0 bridgehead atoms. The van der Waals surface area contributed by atoms with E-state index in [2.05, 4.69) is 4.98 Å². The van der Waals surface area contributed by atoms with Gasteiger partial charge in [0.15, 0.2) is 0 Å². The van der Waals surface area contributed by atoms with Crippen LogP contribution in [-0.2, 0) is 13.0 Å². The van der Waals surface area contributed by atoms with Gasteiger partial charge in [-0.25, -0.2) is 0 Å². The summed E-state index contributed by atoms with van der Waals surface area (Å²) in [6.07, 6.45) is 0.476. The lowest BCUT2D eigenvalue weighted by atomic mass is 10.0. The molecule has 5 aromatic rings. The van der Waals surface area contributed by atoms with Crippen molar-refractivity contribution in [3.8, 4) is 22.8 Å². The minimum absolute atomic E-state index is 0.000904. The number of carbonyl (C=O) groups is 1. The zero-order chi connectivity index (χ0) is 25.2. The van der Waals surface area contributed by atoms with E-state index in [0.29, 0.717) is 23.2 Å². The van der Waals surface area contributed by atoms with E-state index in [9.17, 15) is 19.8 Å². The van der Waals surface area contributed by atoms with Crippen LogP contribution in [0.1, 0.15) is 26.4 Å². The highest BCUT2D eigenvalue weighted by Gasteiger charge is 2.18. The molecule has 7 heteroatoms. The number of nitrogens with one attached hydrogen (secondary N) is 1. The molecule has 0 saturated carbocycles. The normalized spacial score (nSPS) is 11.0. The van der Waals surface area contributed by atoms with Crippen molar-refractivity contribution in [3.05, 3.63) is 116 Å². The number of hydrogen-bond acceptors (Lipinski definition) is 5. The maximum Gasteiger partial charge on any atom is 0.307 e. The molecule has 1 amide bonds. The van der Waals surface area contributed by atoms with Crippen molar-refractivity contribution in [3.63, 3.8) is 0 Å². The number of fused-ring (bicyclic) bond motifs is 1. The largest absolute Gasteiger partial charge is 0.506 e. The van der Waals surface area contributed by atoms with Gasteiger partial charge in [-0.05, 0) is 39.8 Å². The van der Waals surface area contributed by atoms with E-state index in [1.807, 2.05) is 72.8 Å². The highest BCUT2D eigenvalue weighted by molar-refractivity contribution is 7.09. The van der Waals surface area contributed by atoms with Gasteiger partial charge in [0.05, 0.1) is 10.4 Å². The Bertz CT molecular complexity index is 1620. The maximum atomic E-state index is 13.1. The number of phenolic OH excluding ortho intramolecular Hbond substituents is 1. The van der Waals surface area contributed by atoms with E-state index in [-0.39, 0.29) is 28.0 Å². The summed E-state index contributed by atoms with van der Waals surface area (Å²) in [5.74, 6) is -0.320. The number of aromatic nitrogens is 1. The number of hydrogen-bond donors (Lipinski definition) is 3. The van der Waals surface area contributed by atoms with Crippen LogP contribution in [0.5, 0.6) is 11.6 Å². The van der Waals surface area contributed by atoms with Crippen molar-refractivity contribution in [1.29, 1.82) is 0 Å². The Morgan fingerprint density at radius 2 is 1.67 bits per heavy atom. The first-order chi connectivity index (χ1) is 17.4. The van der Waals surface area contributed by atoms with Crippen molar-refractivity contribution in [2.45, 2.75) is 13.0 Å². The van der Waals surface area contributed by atoms with Crippen LogP contribution >= 0.6 is 11.3 Å². The van der Waals surface area contributed by atoms with Crippen LogP contribution in [0, 0.1) is 0 Å². The summed E-state index contributed by atoms with van der Waals surface area (Å²) >= 11 is 1.01. The van der Waals surface area contributed by atoms with E-state index in [1.165, 1.54) is 0 Å². The summed E-state index contributed by atoms with van der Waals surface area (Å²) in [6, 6.07) is 26.9. The van der Waals surface area contributed by atoms with E-state index in [1.54, 1.807) is 24.1 Å². The van der Waals surface area contributed by atoms with Gasteiger partial charge < -0.3 is 15.1 Å². The van der Waals surface area contributed by atoms with Crippen LogP contribution in [-0.4, -0.2) is 33.1 Å². The number of benzene rings is 4. The molecule has 0 fully saturated rings. The Kier molecular flexibility index (Phi) is 6.31. The molecule has 0 radical (unpaired) electrons. The van der Waals surface area contributed by atoms with Gasteiger partial charge in [0.25, 0.3) is 5.91 Å². The first-order valence-corrected chi connectivity index (χ1v) is 12.3. The van der Waals surface area contributed by atoms with Gasteiger partial charge in [0.2, 0.25) is 5.88 Å². The number of rotatable bonds is 6. The Balaban J connectivity index is 1.31. The van der Waals surface area contributed by atoms with Crippen molar-refractivity contribution >= 4 is 28.0 Å². The Morgan fingerprint density at radius 3 is 2.42 bits per heavy atom. The molecule has 0 unspecified atom stereocenters. The minimum Gasteiger partial charge on any atom is -0.506 e. The minimum atomic E-state index is -0.268. The molecular weight excluding hydrogens is 472 g/mol. The van der Waals surface area contributed by atoms with Crippen LogP contribution < -0.4 is 4.87 Å². The molecule has 1 aromatic heterocycles. The van der Waals surface area contributed by atoms with Gasteiger partial charge in [-0.2, -0.15) is 0 Å². The van der Waals surface area contributed by atoms with Crippen LogP contribution in [0.25, 0.3) is 21.9 Å². The number of H-pyrrole nitrogens is 1. The Labute approximate surface area is 211 Å². The number of phenols is 1. The SMILES string of the molecule is CN(Cc1cccc(-c2ccc(Cc3sc(=O)[nH]c3O)cc2)c1)C(=O)c1ccc2ccccc2c1O. The quantitative estimate of drug-likeness (QED) is 0.288. The van der Waals surface area contributed by atoms with Gasteiger partial charge in [-0.15, -0.1) is 0 Å². The van der Waals surface area contributed by atoms with Gasteiger partial charge in [-0.1, -0.05) is 84.1 Å². The molecule has 0 aliphatic carbocycles. The summed E-state index contributed by atoms with van der Waals surface area (Å²) < 4.78 is 0. The fourth-order valence-electron chi connectivity index (χ4n) is 4.30. The molecule has 0 aliphatic heterocycles. The summed E-state index contributed by atoms with van der Waals surface area (Å²) in [7, 11) is 1.73. The van der Waals surface area contributed by atoms with Crippen molar-refractivity contribution in [2.75, 3.05) is 7.05 Å². The molecule has 1 heterocycles. The predicted octanol–water partition coefficient (Wildman–Crippen LogP) is 5.53. The number of carbonyl (C=O) groups excluding carboxylic acids is 1. The first-order valence-electron chi connectivity index (χ1n) is 11.4. The molecule has 5 rings (SSSR count). The van der Waals surface area contributed by atoms with E-state index < -0.39 is 0 Å². The highest BCUT2D eigenvalue weighted by atomic mass is 32.1. The lowest BCUT2D eigenvalue weighted by molar-refractivity contribution is 0.0782. The van der Waals surface area contributed by atoms with Crippen LogP contribution in [0.4, 0.5) is 0 Å². The Hall–Kier alpha value is -4.36. The topological polar surface area (TPSA) is 93.6 Å². The highest BCUT2D eigenvalue weighted by Crippen LogP contribution is 2.30. The fourth-order valence-corrected chi connectivity index (χ4v) is 5.06. The molecule has 0 spiro atoms. The number of amides is 1. The van der Waals surface area contributed by atoms with E-state index in [0.717, 1.165) is 39.0 Å². The second-order valence-electron chi connectivity index (χ2n) is 8.70. The summed E-state index contributed by atoms with van der Waals surface area (Å²) in [5, 5.41) is 22.0. The predicted molar refractivity (Wildman–Crippen MR) is 143 cm³/mol. The van der Waals surface area contributed by atoms with Gasteiger partial charge in [0.1, 0.15) is 5.75 Å². The fraction of sp³-hybridized carbons (Fsp3) is 0.103. The molecule has 0 saturated heterocycles. The molecule has 180 valence electrons. The summed E-state index contributed by atoms with van der Waals surface area (Å²) in [5.41, 5.74) is 4.27. The van der Waals surface area contributed by atoms with Crippen LogP contribution in [0.3, 0.4) is 0 Å². The van der Waals surface area contributed by atoms with Gasteiger partial charge >= 0.3 is 4.87 Å². The number of aromatic hydroxyl groups is 2. The monoisotopic (exact) mass is 496 g/mol. The lowest BCUT2D eigenvalue weighted by Gasteiger charge is -2.19. The maximum absolute atomic E-state index is 13.1. The van der Waals surface area contributed by atoms with Crippen LogP contribution in [0.15, 0.2) is 89.7 Å². The van der Waals surface area contributed by atoms with E-state index in [4.69, 9.17) is 0 Å². The molecule has 0 aliphatic rings. The third-order valence-electron chi connectivity index (χ3n) is 6.18. The zero-order valence-electron chi connectivity index (χ0n) is 19.6. The molecule has 4 aromatic carbocycles. The summed E-state index contributed by atoms with van der Waals surface area (Å²) in [4.78, 5) is 28.8. The second kappa shape index (κ2) is 9.71. The average Bonchev–Trinajstić information content (AvgIpc) is 3.20. The van der Waals surface area contributed by atoms with Gasteiger partial charge in [-0.3, -0.25) is 14.6 Å². The van der Waals surface area contributed by atoms with Crippen molar-refractivity contribution in [1.82, 2.24) is 9.88 Å². The molecule has 6 nitrogen and oxygen atoms in total. The zero-order valence-corrected chi connectivity index (χ0v) is 20.4. The molecular formula is C29H24N2O4S. The second-order valence-corrected chi connectivity index (χ2v) is 9.77. The van der Waals surface area contributed by atoms with Crippen LogP contribution in [0.2, 0.25) is 0 Å². The number of thiazole rings is 1. The third kappa shape index (κ3) is 4.74. The standard InChI is InChI=1S/C29H24N2O4S/c1-31(28(34)24-14-13-21-6-2-3-8-23(21)26(24)32)17-19-5-4-7-22(15-19)20-11-9-18(10-12-20)16-25-27(33)30-29(35)36-25/h2-15,32-33H,16-17H2,1H3,(H,30,35). The molecule has 36 heavy (non-hydrogen) atoms. The average molecular weight is 497 g/mol. The van der Waals surface area contributed by atoms with Gasteiger partial charge in [0, 0.05) is 25.4 Å². The lowest BCUT2D eigenvalue weighted by Crippen LogP contribution is -2.26. The Morgan fingerprint density at radius 1 is 0.889 bits per heavy atom. The summed E-state index contributed by atoms with van der Waals surface area (Å²) in [6.45, 7) is 0.392. The van der Waals surface area contributed by atoms with Crippen molar-refractivity contribution < 1.29 is 15.0 Å². The molecule has 3 N–H and O–H groups in total. The third-order valence-corrected chi connectivity index (χ3v) is 7.05. The van der Waals surface area contributed by atoms with Crippen molar-refractivity contribution in [2.24, 2.45) is 0 Å². The van der Waals surface area contributed by atoms with E-state index >= 15 is 0 Å².